The molecule has 2 aromatic rings. The Balaban J connectivity index is 1.73. The van der Waals surface area contributed by atoms with E-state index in [4.69, 9.17) is 10.5 Å². The summed E-state index contributed by atoms with van der Waals surface area (Å²) in [5.41, 5.74) is 8.60. The Bertz CT molecular complexity index is 539. The average molecular weight is 257 g/mol. The minimum absolute atomic E-state index is 0.0108. The van der Waals surface area contributed by atoms with Crippen LogP contribution in [0.2, 0.25) is 0 Å². The van der Waals surface area contributed by atoms with Gasteiger partial charge in [-0.15, -0.1) is 0 Å². The van der Waals surface area contributed by atoms with Gasteiger partial charge in [0.25, 0.3) is 0 Å². The Labute approximate surface area is 113 Å². The number of nitrogens with two attached hydrogens (primary N) is 1. The lowest BCUT2D eigenvalue weighted by Gasteiger charge is -2.17. The summed E-state index contributed by atoms with van der Waals surface area (Å²) in [4.78, 5) is 0. The molecule has 2 atom stereocenters. The second-order valence-corrected chi connectivity index (χ2v) is 5.03. The van der Waals surface area contributed by atoms with Crippen LogP contribution in [0, 0.1) is 0 Å². The molecule has 1 aromatic carbocycles. The number of nitrogens with zero attached hydrogens (tertiary/aromatic N) is 2. The second kappa shape index (κ2) is 5.05. The molecule has 0 fully saturated rings. The van der Waals surface area contributed by atoms with Crippen LogP contribution < -0.4 is 10.5 Å². The molecule has 1 aliphatic rings. The van der Waals surface area contributed by atoms with E-state index in [2.05, 4.69) is 18.1 Å². The first kappa shape index (κ1) is 12.2. The molecule has 0 amide bonds. The van der Waals surface area contributed by atoms with Crippen molar-refractivity contribution in [3.8, 4) is 5.75 Å². The fourth-order valence-electron chi connectivity index (χ4n) is 2.53. The van der Waals surface area contributed by atoms with Gasteiger partial charge in [-0.1, -0.05) is 25.1 Å². The number of hydrogen-bond acceptors (Lipinski definition) is 3. The Kier molecular flexibility index (Phi) is 3.25. The highest BCUT2D eigenvalue weighted by atomic mass is 16.5. The average Bonchev–Trinajstić information content (AvgIpc) is 3.04. The van der Waals surface area contributed by atoms with Crippen molar-refractivity contribution in [2.75, 3.05) is 0 Å². The number of ether oxygens (including phenoxy) is 1. The van der Waals surface area contributed by atoms with E-state index in [0.29, 0.717) is 0 Å². The lowest BCUT2D eigenvalue weighted by molar-refractivity contribution is 0.199. The zero-order valence-corrected chi connectivity index (χ0v) is 11.1. The van der Waals surface area contributed by atoms with Crippen LogP contribution in [0.15, 0.2) is 36.7 Å². The molecule has 0 radical (unpaired) electrons. The predicted octanol–water partition coefficient (Wildman–Crippen LogP) is 2.30. The number of hydrogen-bond donors (Lipinski definition) is 1. The summed E-state index contributed by atoms with van der Waals surface area (Å²) in [7, 11) is 0. The fourth-order valence-corrected chi connectivity index (χ4v) is 2.53. The smallest absolute Gasteiger partial charge is 0.123 e. The highest BCUT2D eigenvalue weighted by Crippen LogP contribution is 2.32. The molecule has 0 spiro atoms. The molecule has 0 saturated carbocycles. The zero-order valence-electron chi connectivity index (χ0n) is 11.1. The van der Waals surface area contributed by atoms with Gasteiger partial charge in [0.05, 0.1) is 12.2 Å². The van der Waals surface area contributed by atoms with Crippen LogP contribution in [0.25, 0.3) is 0 Å². The molecule has 2 N–H and O–H groups in total. The molecule has 1 aromatic heterocycles. The summed E-state index contributed by atoms with van der Waals surface area (Å²) < 4.78 is 7.87. The van der Waals surface area contributed by atoms with E-state index in [9.17, 15) is 0 Å². The number of aryl methyl sites for hydroxylation is 1. The van der Waals surface area contributed by atoms with Crippen LogP contribution in [0.4, 0.5) is 0 Å². The van der Waals surface area contributed by atoms with Crippen LogP contribution in [0.3, 0.4) is 0 Å². The minimum Gasteiger partial charge on any atom is -0.488 e. The molecule has 2 unspecified atom stereocenters. The third kappa shape index (κ3) is 2.36. The van der Waals surface area contributed by atoms with E-state index in [1.165, 1.54) is 5.56 Å². The number of para-hydroxylation sites is 1. The molecule has 1 aliphatic heterocycles. The maximum atomic E-state index is 6.31. The highest BCUT2D eigenvalue weighted by Gasteiger charge is 2.29. The van der Waals surface area contributed by atoms with E-state index in [1.807, 2.05) is 35.3 Å². The first-order chi connectivity index (χ1) is 9.28. The highest BCUT2D eigenvalue weighted by molar-refractivity contribution is 5.38. The van der Waals surface area contributed by atoms with E-state index in [1.54, 1.807) is 0 Å². The van der Waals surface area contributed by atoms with Gasteiger partial charge in [0.2, 0.25) is 0 Å². The monoisotopic (exact) mass is 257 g/mol. The number of rotatable bonds is 4. The molecule has 3 rings (SSSR count). The van der Waals surface area contributed by atoms with Crippen molar-refractivity contribution in [3.63, 3.8) is 0 Å². The van der Waals surface area contributed by atoms with Gasteiger partial charge in [0, 0.05) is 24.7 Å². The van der Waals surface area contributed by atoms with Crippen LogP contribution in [0.1, 0.15) is 30.5 Å². The molecular weight excluding hydrogens is 238 g/mol. The zero-order chi connectivity index (χ0) is 13.2. The first-order valence-corrected chi connectivity index (χ1v) is 6.80. The van der Waals surface area contributed by atoms with Crippen molar-refractivity contribution in [2.24, 2.45) is 5.73 Å². The van der Waals surface area contributed by atoms with Gasteiger partial charge in [-0.2, -0.15) is 5.10 Å². The van der Waals surface area contributed by atoms with Gasteiger partial charge in [-0.05, 0) is 18.1 Å². The standard InChI is InChI=1S/C15H19N3O/c1-2-7-18-10-12(9-17-18)15(16)14-8-11-5-3-4-6-13(11)19-14/h3-6,9-10,14-15H,2,7-8,16H2,1H3. The fraction of sp³-hybridized carbons (Fsp3) is 0.400. The topological polar surface area (TPSA) is 53.1 Å². The Morgan fingerprint density at radius 2 is 2.32 bits per heavy atom. The van der Waals surface area contributed by atoms with Crippen molar-refractivity contribution in [3.05, 3.63) is 47.8 Å². The van der Waals surface area contributed by atoms with Gasteiger partial charge in [-0.25, -0.2) is 0 Å². The van der Waals surface area contributed by atoms with Crippen LogP contribution in [0.5, 0.6) is 5.75 Å². The number of fused-ring (bicyclic) bond motifs is 1. The number of aromatic nitrogens is 2. The minimum atomic E-state index is -0.127. The Morgan fingerprint density at radius 3 is 3.11 bits per heavy atom. The van der Waals surface area contributed by atoms with Crippen molar-refractivity contribution < 1.29 is 4.74 Å². The summed E-state index contributed by atoms with van der Waals surface area (Å²) in [5.74, 6) is 0.962. The normalized spacial score (nSPS) is 18.9. The molecule has 19 heavy (non-hydrogen) atoms. The summed E-state index contributed by atoms with van der Waals surface area (Å²) in [6.45, 7) is 3.07. The second-order valence-electron chi connectivity index (χ2n) is 5.03. The SMILES string of the molecule is CCCn1cc(C(N)C2Cc3ccccc3O2)cn1. The largest absolute Gasteiger partial charge is 0.488 e. The van der Waals surface area contributed by atoms with Gasteiger partial charge >= 0.3 is 0 Å². The van der Waals surface area contributed by atoms with Crippen molar-refractivity contribution in [2.45, 2.75) is 38.5 Å². The summed E-state index contributed by atoms with van der Waals surface area (Å²) >= 11 is 0. The quantitative estimate of drug-likeness (QED) is 0.914. The molecule has 4 heteroatoms. The van der Waals surface area contributed by atoms with Gasteiger partial charge in [0.15, 0.2) is 0 Å². The predicted molar refractivity (Wildman–Crippen MR) is 74.0 cm³/mol. The third-order valence-corrected chi connectivity index (χ3v) is 3.56. The molecule has 0 saturated heterocycles. The van der Waals surface area contributed by atoms with Gasteiger partial charge < -0.3 is 10.5 Å². The maximum Gasteiger partial charge on any atom is 0.123 e. The van der Waals surface area contributed by atoms with Crippen LogP contribution in [-0.4, -0.2) is 15.9 Å². The molecule has 0 bridgehead atoms. The summed E-state index contributed by atoms with van der Waals surface area (Å²) in [6, 6.07) is 8.00. The van der Waals surface area contributed by atoms with E-state index >= 15 is 0 Å². The van der Waals surface area contributed by atoms with E-state index in [0.717, 1.165) is 30.7 Å². The first-order valence-electron chi connectivity index (χ1n) is 6.80. The molecule has 4 nitrogen and oxygen atoms in total. The van der Waals surface area contributed by atoms with Crippen LogP contribution in [-0.2, 0) is 13.0 Å². The molecule has 2 heterocycles. The van der Waals surface area contributed by atoms with Gasteiger partial charge in [-0.3, -0.25) is 4.68 Å². The van der Waals surface area contributed by atoms with Gasteiger partial charge in [0.1, 0.15) is 11.9 Å². The molecule has 0 aliphatic carbocycles. The van der Waals surface area contributed by atoms with E-state index in [-0.39, 0.29) is 12.1 Å². The summed E-state index contributed by atoms with van der Waals surface area (Å²) in [5, 5.41) is 4.33. The lowest BCUT2D eigenvalue weighted by Crippen LogP contribution is -2.29. The third-order valence-electron chi connectivity index (χ3n) is 3.56. The summed E-state index contributed by atoms with van der Waals surface area (Å²) in [6.07, 6.45) is 5.84. The van der Waals surface area contributed by atoms with Crippen molar-refractivity contribution in [1.82, 2.24) is 9.78 Å². The van der Waals surface area contributed by atoms with Crippen LogP contribution >= 0.6 is 0 Å². The van der Waals surface area contributed by atoms with E-state index < -0.39 is 0 Å². The van der Waals surface area contributed by atoms with Crippen molar-refractivity contribution >= 4 is 0 Å². The van der Waals surface area contributed by atoms with Crippen molar-refractivity contribution in [1.29, 1.82) is 0 Å². The lowest BCUT2D eigenvalue weighted by atomic mass is 10.0. The number of benzene rings is 1. The molecule has 100 valence electrons. The Hall–Kier alpha value is -1.81. The maximum absolute atomic E-state index is 6.31. The Morgan fingerprint density at radius 1 is 1.47 bits per heavy atom. The molecular formula is C15H19N3O.